The first-order valence-electron chi connectivity index (χ1n) is 11.1. The number of hydrogen-bond donors (Lipinski definition) is 3. The molecule has 0 bridgehead atoms. The Hall–Kier alpha value is -2.84. The van der Waals surface area contributed by atoms with Crippen LogP contribution in [-0.4, -0.2) is 54.9 Å². The Bertz CT molecular complexity index is 775. The minimum absolute atomic E-state index is 0.0745. The number of piperazine rings is 1. The van der Waals surface area contributed by atoms with Crippen LogP contribution in [0.25, 0.3) is 0 Å². The molecule has 0 saturated carbocycles. The molecular weight excluding hydrogens is 419 g/mol. The van der Waals surface area contributed by atoms with Gasteiger partial charge in [-0.2, -0.15) is 13.2 Å². The number of carbonyl (C=O) groups excluding carboxylic acids is 1. The molecule has 1 heterocycles. The van der Waals surface area contributed by atoms with Gasteiger partial charge in [-0.05, 0) is 37.5 Å². The van der Waals surface area contributed by atoms with Crippen LogP contribution in [0.3, 0.4) is 0 Å². The molecule has 1 atom stereocenters. The highest BCUT2D eigenvalue weighted by Gasteiger charge is 2.38. The summed E-state index contributed by atoms with van der Waals surface area (Å²) in [5.74, 6) is -1.43. The van der Waals surface area contributed by atoms with Gasteiger partial charge in [0.05, 0.1) is 24.0 Å². The first-order chi connectivity index (χ1) is 15.3. The molecule has 0 aromatic rings. The van der Waals surface area contributed by atoms with Crippen molar-refractivity contribution >= 4 is 6.03 Å². The quantitative estimate of drug-likeness (QED) is 0.563. The van der Waals surface area contributed by atoms with Crippen LogP contribution < -0.4 is 16.4 Å². The van der Waals surface area contributed by atoms with Crippen molar-refractivity contribution in [1.82, 2.24) is 20.4 Å². The lowest BCUT2D eigenvalue weighted by Gasteiger charge is -2.37. The molecule has 1 fully saturated rings. The predicted molar refractivity (Wildman–Crippen MR) is 121 cm³/mol. The highest BCUT2D eigenvalue weighted by Crippen LogP contribution is 2.34. The van der Waals surface area contributed by atoms with Crippen LogP contribution in [-0.2, 0) is 0 Å². The average molecular weight is 454 g/mol. The molecule has 0 radical (unpaired) electrons. The number of nitrogens with two attached hydrogens (primary N) is 1. The number of urea groups is 1. The highest BCUT2D eigenvalue weighted by molar-refractivity contribution is 5.74. The van der Waals surface area contributed by atoms with Gasteiger partial charge >= 0.3 is 12.2 Å². The monoisotopic (exact) mass is 453 g/mol. The van der Waals surface area contributed by atoms with Crippen molar-refractivity contribution < 1.29 is 18.0 Å². The molecule has 1 unspecified atom stereocenters. The average Bonchev–Trinajstić information content (AvgIpc) is 3.16. The predicted octanol–water partition coefficient (Wildman–Crippen LogP) is 3.99. The maximum Gasteiger partial charge on any atom is 0.395 e. The molecule has 178 valence electrons. The molecule has 3 aliphatic rings. The van der Waals surface area contributed by atoms with Gasteiger partial charge in [-0.1, -0.05) is 38.2 Å². The third-order valence-corrected chi connectivity index (χ3v) is 5.36. The fraction of sp³-hybridized carbons (Fsp3) is 0.522. The van der Waals surface area contributed by atoms with Gasteiger partial charge in [0, 0.05) is 31.9 Å². The zero-order valence-electron chi connectivity index (χ0n) is 18.8. The molecule has 6 nitrogen and oxygen atoms in total. The second kappa shape index (κ2) is 12.3. The standard InChI is InChI=1S/C21H28F3N5O.C2H6/c22-21(23,24)16-6-4-5-7-17(14-16)28-10-12-29(13-11-28)20(30)27-15-26-19-9-3-1-2-8-18(19)25;1-2/h1-2,5,7-9,14,16,26H,3-4,6,10-13,15,25H2,(H,27,30);1-2H3. The van der Waals surface area contributed by atoms with E-state index in [4.69, 9.17) is 5.73 Å². The van der Waals surface area contributed by atoms with Crippen LogP contribution in [0.5, 0.6) is 0 Å². The van der Waals surface area contributed by atoms with E-state index in [9.17, 15) is 18.0 Å². The number of nitrogens with zero attached hydrogens (tertiary/aromatic N) is 2. The minimum atomic E-state index is -4.23. The van der Waals surface area contributed by atoms with Crippen molar-refractivity contribution in [3.05, 3.63) is 59.6 Å². The van der Waals surface area contributed by atoms with Crippen LogP contribution in [0.4, 0.5) is 18.0 Å². The van der Waals surface area contributed by atoms with Crippen LogP contribution >= 0.6 is 0 Å². The lowest BCUT2D eigenvalue weighted by molar-refractivity contribution is -0.162. The number of halogens is 3. The van der Waals surface area contributed by atoms with Crippen molar-refractivity contribution in [1.29, 1.82) is 0 Å². The molecule has 4 N–H and O–H groups in total. The fourth-order valence-corrected chi connectivity index (χ4v) is 3.61. The summed E-state index contributed by atoms with van der Waals surface area (Å²) in [5.41, 5.74) is 7.91. The van der Waals surface area contributed by atoms with Gasteiger partial charge in [-0.15, -0.1) is 0 Å². The first-order valence-corrected chi connectivity index (χ1v) is 11.1. The Morgan fingerprint density at radius 2 is 1.91 bits per heavy atom. The lowest BCUT2D eigenvalue weighted by Crippen LogP contribution is -2.52. The summed E-state index contributed by atoms with van der Waals surface area (Å²) in [7, 11) is 0. The summed E-state index contributed by atoms with van der Waals surface area (Å²) < 4.78 is 39.5. The molecule has 9 heteroatoms. The number of allylic oxidation sites excluding steroid dienone is 7. The van der Waals surface area contributed by atoms with E-state index in [0.717, 1.165) is 12.1 Å². The number of amides is 2. The maximum atomic E-state index is 13.2. The second-order valence-corrected chi connectivity index (χ2v) is 7.43. The molecular formula is C23H34F3N5O. The summed E-state index contributed by atoms with van der Waals surface area (Å²) in [6, 6.07) is -0.212. The van der Waals surface area contributed by atoms with Crippen LogP contribution in [0.2, 0.25) is 0 Å². The summed E-state index contributed by atoms with van der Waals surface area (Å²) >= 11 is 0. The van der Waals surface area contributed by atoms with Crippen LogP contribution in [0.1, 0.15) is 33.1 Å². The first kappa shape index (κ1) is 25.4. The van der Waals surface area contributed by atoms with Gasteiger partial charge in [0.1, 0.15) is 0 Å². The zero-order valence-corrected chi connectivity index (χ0v) is 18.8. The van der Waals surface area contributed by atoms with Gasteiger partial charge in [0.15, 0.2) is 0 Å². The van der Waals surface area contributed by atoms with E-state index >= 15 is 0 Å². The Balaban J connectivity index is 0.00000176. The Labute approximate surface area is 188 Å². The topological polar surface area (TPSA) is 73.6 Å². The summed E-state index contributed by atoms with van der Waals surface area (Å²) in [5, 5.41) is 5.91. The SMILES string of the molecule is CC.NC1=CC=CCC=C1NCNC(=O)N1CCN(C2=CC(C(F)(F)F)CCC=C2)CC1. The third kappa shape index (κ3) is 7.39. The van der Waals surface area contributed by atoms with Gasteiger partial charge in [0.2, 0.25) is 0 Å². The van der Waals surface area contributed by atoms with E-state index < -0.39 is 12.1 Å². The van der Waals surface area contributed by atoms with Gasteiger partial charge in [-0.3, -0.25) is 0 Å². The minimum Gasteiger partial charge on any atom is -0.397 e. The number of hydrogen-bond acceptors (Lipinski definition) is 4. The molecule has 0 aromatic carbocycles. The third-order valence-electron chi connectivity index (χ3n) is 5.36. The molecule has 0 aromatic heterocycles. The van der Waals surface area contributed by atoms with Crippen LogP contribution in [0, 0.1) is 5.92 Å². The maximum absolute atomic E-state index is 13.2. The normalized spacial score (nSPS) is 21.3. The summed E-state index contributed by atoms with van der Waals surface area (Å²) in [6.07, 6.45) is 9.49. The molecule has 3 rings (SSSR count). The van der Waals surface area contributed by atoms with Crippen molar-refractivity contribution in [3.63, 3.8) is 0 Å². The highest BCUT2D eigenvalue weighted by atomic mass is 19.4. The molecule has 2 amide bonds. The Morgan fingerprint density at radius 3 is 2.59 bits per heavy atom. The van der Waals surface area contributed by atoms with E-state index in [2.05, 4.69) is 10.6 Å². The molecule has 0 spiro atoms. The van der Waals surface area contributed by atoms with Crippen molar-refractivity contribution in [3.8, 4) is 0 Å². The molecule has 32 heavy (non-hydrogen) atoms. The van der Waals surface area contributed by atoms with Gasteiger partial charge in [-0.25, -0.2) is 4.79 Å². The van der Waals surface area contributed by atoms with E-state index in [1.807, 2.05) is 37.0 Å². The Kier molecular flexibility index (Phi) is 9.74. The van der Waals surface area contributed by atoms with E-state index in [1.165, 1.54) is 6.08 Å². The van der Waals surface area contributed by atoms with Crippen molar-refractivity contribution in [2.24, 2.45) is 11.7 Å². The smallest absolute Gasteiger partial charge is 0.395 e. The fourth-order valence-electron chi connectivity index (χ4n) is 3.61. The van der Waals surface area contributed by atoms with Gasteiger partial charge in [0.25, 0.3) is 0 Å². The Morgan fingerprint density at radius 1 is 1.19 bits per heavy atom. The summed E-state index contributed by atoms with van der Waals surface area (Å²) in [6.45, 7) is 6.12. The molecule has 1 aliphatic heterocycles. The van der Waals surface area contributed by atoms with Crippen LogP contribution in [0.15, 0.2) is 59.6 Å². The van der Waals surface area contributed by atoms with E-state index in [-0.39, 0.29) is 19.1 Å². The molecule has 1 saturated heterocycles. The number of nitrogens with one attached hydrogen (secondary N) is 2. The lowest BCUT2D eigenvalue weighted by atomic mass is 10.0. The molecule has 2 aliphatic carbocycles. The van der Waals surface area contributed by atoms with E-state index in [0.29, 0.717) is 44.0 Å². The largest absolute Gasteiger partial charge is 0.397 e. The number of carbonyl (C=O) groups is 1. The number of alkyl halides is 3. The van der Waals surface area contributed by atoms with Crippen molar-refractivity contribution in [2.45, 2.75) is 39.3 Å². The van der Waals surface area contributed by atoms with Crippen molar-refractivity contribution in [2.75, 3.05) is 32.8 Å². The van der Waals surface area contributed by atoms with Gasteiger partial charge < -0.3 is 26.2 Å². The van der Waals surface area contributed by atoms with E-state index in [1.54, 1.807) is 23.1 Å². The summed E-state index contributed by atoms with van der Waals surface area (Å²) in [4.78, 5) is 16.0. The second-order valence-electron chi connectivity index (χ2n) is 7.43. The number of rotatable bonds is 4. The zero-order chi connectivity index (χ0) is 23.6.